The molecule has 0 spiro atoms. The van der Waals surface area contributed by atoms with Crippen LogP contribution in [-0.4, -0.2) is 16.0 Å². The number of anilines is 1. The summed E-state index contributed by atoms with van der Waals surface area (Å²) in [4.78, 5) is 8.41. The second-order valence-electron chi connectivity index (χ2n) is 3.19. The molecular weight excluding hydrogens is 174 g/mol. The van der Waals surface area contributed by atoms with Crippen LogP contribution in [0, 0.1) is 0 Å². The molecule has 0 atom stereocenters. The molecule has 1 aliphatic rings. The highest BCUT2D eigenvalue weighted by Crippen LogP contribution is 2.22. The van der Waals surface area contributed by atoms with Crippen LogP contribution in [0.1, 0.15) is 39.2 Å². The van der Waals surface area contributed by atoms with Crippen LogP contribution in [0.5, 0.6) is 0 Å². The summed E-state index contributed by atoms with van der Waals surface area (Å²) in [5.41, 5.74) is 1.19. The summed E-state index contributed by atoms with van der Waals surface area (Å²) in [6.07, 6.45) is 7.30. The maximum Gasteiger partial charge on any atom is 0.222 e. The van der Waals surface area contributed by atoms with E-state index < -0.39 is 0 Å². The lowest BCUT2D eigenvalue weighted by Crippen LogP contribution is -2.05. The molecule has 2 rings (SSSR count). The first-order valence-corrected chi connectivity index (χ1v) is 5.46. The fourth-order valence-corrected chi connectivity index (χ4v) is 1.02. The first kappa shape index (κ1) is 11.0. The van der Waals surface area contributed by atoms with Crippen molar-refractivity contribution in [2.24, 2.45) is 0 Å². The highest BCUT2D eigenvalue weighted by Gasteiger charge is 2.21. The molecule has 0 aromatic carbocycles. The monoisotopic (exact) mass is 193 g/mol. The van der Waals surface area contributed by atoms with E-state index in [0.29, 0.717) is 6.04 Å². The maximum atomic E-state index is 4.21. The molecule has 3 nitrogen and oxygen atoms in total. The second kappa shape index (κ2) is 5.58. The van der Waals surface area contributed by atoms with Crippen molar-refractivity contribution in [3.8, 4) is 0 Å². The van der Waals surface area contributed by atoms with Crippen molar-refractivity contribution in [3.05, 3.63) is 18.0 Å². The fraction of sp³-hybridized carbons (Fsp3) is 0.636. The van der Waals surface area contributed by atoms with Gasteiger partial charge in [-0.2, -0.15) is 0 Å². The molecule has 14 heavy (non-hydrogen) atoms. The Hall–Kier alpha value is -1.12. The average Bonchev–Trinajstić information content (AvgIpc) is 3.06. The first-order chi connectivity index (χ1) is 6.88. The molecule has 0 aliphatic heterocycles. The highest BCUT2D eigenvalue weighted by molar-refractivity contribution is 5.28. The molecule has 1 aromatic heterocycles. The zero-order chi connectivity index (χ0) is 10.4. The van der Waals surface area contributed by atoms with Gasteiger partial charge in [0.1, 0.15) is 0 Å². The van der Waals surface area contributed by atoms with Crippen molar-refractivity contribution in [3.63, 3.8) is 0 Å². The van der Waals surface area contributed by atoms with Gasteiger partial charge in [-0.25, -0.2) is 9.97 Å². The van der Waals surface area contributed by atoms with Crippen molar-refractivity contribution in [2.45, 2.75) is 46.1 Å². The van der Waals surface area contributed by atoms with Crippen molar-refractivity contribution >= 4 is 5.95 Å². The molecule has 3 heteroatoms. The van der Waals surface area contributed by atoms with Gasteiger partial charge in [0.15, 0.2) is 0 Å². The van der Waals surface area contributed by atoms with Crippen molar-refractivity contribution in [2.75, 3.05) is 5.32 Å². The molecule has 78 valence electrons. The molecular formula is C11H19N3. The van der Waals surface area contributed by atoms with Gasteiger partial charge in [0.05, 0.1) is 0 Å². The van der Waals surface area contributed by atoms with Crippen LogP contribution in [0.2, 0.25) is 0 Å². The lowest BCUT2D eigenvalue weighted by atomic mass is 10.3. The number of nitrogens with zero attached hydrogens (tertiary/aromatic N) is 2. The Morgan fingerprint density at radius 3 is 2.29 bits per heavy atom. The van der Waals surface area contributed by atoms with E-state index >= 15 is 0 Å². The minimum atomic E-state index is 0.637. The summed E-state index contributed by atoms with van der Waals surface area (Å²) in [5, 5.41) is 3.24. The third-order valence-corrected chi connectivity index (χ3v) is 2.02. The van der Waals surface area contributed by atoms with Crippen LogP contribution < -0.4 is 5.32 Å². The first-order valence-electron chi connectivity index (χ1n) is 5.46. The van der Waals surface area contributed by atoms with Gasteiger partial charge >= 0.3 is 0 Å². The molecule has 0 saturated heterocycles. The zero-order valence-corrected chi connectivity index (χ0v) is 9.25. The third-order valence-electron chi connectivity index (χ3n) is 2.02. The van der Waals surface area contributed by atoms with E-state index in [1.165, 1.54) is 18.4 Å². The third kappa shape index (κ3) is 3.32. The van der Waals surface area contributed by atoms with Gasteiger partial charge in [0.2, 0.25) is 5.95 Å². The van der Waals surface area contributed by atoms with Gasteiger partial charge < -0.3 is 5.32 Å². The number of hydrogen-bond acceptors (Lipinski definition) is 3. The number of nitrogens with one attached hydrogen (secondary N) is 1. The van der Waals surface area contributed by atoms with Gasteiger partial charge in [-0.15, -0.1) is 0 Å². The van der Waals surface area contributed by atoms with Crippen molar-refractivity contribution in [1.29, 1.82) is 0 Å². The summed E-state index contributed by atoms with van der Waals surface area (Å²) in [6, 6.07) is 0.637. The molecule has 0 bridgehead atoms. The number of aryl methyl sites for hydroxylation is 1. The van der Waals surface area contributed by atoms with Crippen LogP contribution in [0.3, 0.4) is 0 Å². The normalized spacial score (nSPS) is 14.2. The maximum absolute atomic E-state index is 4.21. The summed E-state index contributed by atoms with van der Waals surface area (Å²) >= 11 is 0. The molecule has 0 amide bonds. The molecule has 1 fully saturated rings. The topological polar surface area (TPSA) is 37.8 Å². The van der Waals surface area contributed by atoms with Crippen LogP contribution in [0.15, 0.2) is 12.4 Å². The predicted octanol–water partition coefficient (Wildman–Crippen LogP) is 2.64. The van der Waals surface area contributed by atoms with Gasteiger partial charge in [-0.1, -0.05) is 20.8 Å². The summed E-state index contributed by atoms with van der Waals surface area (Å²) < 4.78 is 0. The zero-order valence-electron chi connectivity index (χ0n) is 9.25. The Morgan fingerprint density at radius 1 is 1.29 bits per heavy atom. The second-order valence-corrected chi connectivity index (χ2v) is 3.19. The van der Waals surface area contributed by atoms with Crippen LogP contribution in [-0.2, 0) is 6.42 Å². The lowest BCUT2D eigenvalue weighted by Gasteiger charge is -2.01. The van der Waals surface area contributed by atoms with Crippen LogP contribution in [0.4, 0.5) is 5.95 Å². The van der Waals surface area contributed by atoms with Crippen molar-refractivity contribution < 1.29 is 0 Å². The standard InChI is InChI=1S/C9H13N3.C2H6/c1-2-7-5-10-9(11-6-7)12-8-3-4-8;1-2/h5-6,8H,2-4H2,1H3,(H,10,11,12);1-2H3. The quantitative estimate of drug-likeness (QED) is 0.802. The molecule has 1 heterocycles. The van der Waals surface area contributed by atoms with E-state index in [-0.39, 0.29) is 0 Å². The Bertz CT molecular complexity index is 252. The SMILES string of the molecule is CC.CCc1cnc(NC2CC2)nc1. The van der Waals surface area contributed by atoms with E-state index in [2.05, 4.69) is 22.2 Å². The van der Waals surface area contributed by atoms with Gasteiger partial charge in [0, 0.05) is 18.4 Å². The van der Waals surface area contributed by atoms with Crippen LogP contribution in [0.25, 0.3) is 0 Å². The Labute approximate surface area is 86.0 Å². The number of rotatable bonds is 3. The molecule has 1 aliphatic carbocycles. The van der Waals surface area contributed by atoms with Crippen molar-refractivity contribution in [1.82, 2.24) is 9.97 Å². The Morgan fingerprint density at radius 2 is 1.86 bits per heavy atom. The lowest BCUT2D eigenvalue weighted by molar-refractivity contribution is 1.01. The van der Waals surface area contributed by atoms with Gasteiger partial charge in [-0.3, -0.25) is 0 Å². The smallest absolute Gasteiger partial charge is 0.222 e. The van der Waals surface area contributed by atoms with Gasteiger partial charge in [0.25, 0.3) is 0 Å². The average molecular weight is 193 g/mol. The van der Waals surface area contributed by atoms with E-state index in [0.717, 1.165) is 12.4 Å². The Balaban J connectivity index is 0.000000461. The molecule has 1 aromatic rings. The van der Waals surface area contributed by atoms with Gasteiger partial charge in [-0.05, 0) is 24.8 Å². The van der Waals surface area contributed by atoms with E-state index in [4.69, 9.17) is 0 Å². The molecule has 1 saturated carbocycles. The van der Waals surface area contributed by atoms with E-state index in [9.17, 15) is 0 Å². The minimum absolute atomic E-state index is 0.637. The van der Waals surface area contributed by atoms with E-state index in [1.807, 2.05) is 26.2 Å². The fourth-order valence-electron chi connectivity index (χ4n) is 1.02. The summed E-state index contributed by atoms with van der Waals surface area (Å²) in [7, 11) is 0. The Kier molecular flexibility index (Phi) is 4.36. The summed E-state index contributed by atoms with van der Waals surface area (Å²) in [6.45, 7) is 6.10. The molecule has 1 N–H and O–H groups in total. The van der Waals surface area contributed by atoms with E-state index in [1.54, 1.807) is 0 Å². The number of hydrogen-bond donors (Lipinski definition) is 1. The molecule has 0 unspecified atom stereocenters. The largest absolute Gasteiger partial charge is 0.351 e. The highest BCUT2D eigenvalue weighted by atomic mass is 15.1. The predicted molar refractivity (Wildman–Crippen MR) is 59.4 cm³/mol. The van der Waals surface area contributed by atoms with Crippen LogP contribution >= 0.6 is 0 Å². The molecule has 0 radical (unpaired) electrons. The minimum Gasteiger partial charge on any atom is -0.351 e. The number of aromatic nitrogens is 2. The summed E-state index contributed by atoms with van der Waals surface area (Å²) in [5.74, 6) is 0.773.